The number of ether oxygens (including phenoxy) is 1. The molecule has 0 radical (unpaired) electrons. The number of carbonyl (C=O) groups is 1. The summed E-state index contributed by atoms with van der Waals surface area (Å²) >= 11 is 1.69. The molecule has 0 saturated heterocycles. The van der Waals surface area contributed by atoms with E-state index in [0.717, 1.165) is 23.3 Å². The van der Waals surface area contributed by atoms with Gasteiger partial charge in [-0.25, -0.2) is 0 Å². The molecule has 1 heterocycles. The molecule has 0 unspecified atom stereocenters. The van der Waals surface area contributed by atoms with Crippen LogP contribution < -0.4 is 10.1 Å². The van der Waals surface area contributed by atoms with E-state index < -0.39 is 0 Å². The van der Waals surface area contributed by atoms with Crippen molar-refractivity contribution in [2.45, 2.75) is 18.2 Å². The molecular formula is C19H18N2O2S. The van der Waals surface area contributed by atoms with Crippen LogP contribution in [0.2, 0.25) is 0 Å². The molecule has 0 aliphatic carbocycles. The minimum Gasteiger partial charge on any atom is -0.479 e. The summed E-state index contributed by atoms with van der Waals surface area (Å²) in [6.45, 7) is 0.465. The number of benzene rings is 2. The van der Waals surface area contributed by atoms with Crippen LogP contribution in [0.4, 0.5) is 0 Å². The number of fused-ring (bicyclic) bond motifs is 1. The van der Waals surface area contributed by atoms with Crippen LogP contribution in [-0.2, 0) is 17.8 Å². The molecule has 2 aromatic rings. The Bertz CT molecular complexity index is 770. The maximum absolute atomic E-state index is 12.6. The van der Waals surface area contributed by atoms with Gasteiger partial charge in [0.2, 0.25) is 5.91 Å². The SMILES string of the molecule is N#CCOc1cccc(CNC(=O)[C@H]2SCCc3ccccc32)c1. The Morgan fingerprint density at radius 1 is 1.29 bits per heavy atom. The molecule has 2 aromatic carbocycles. The van der Waals surface area contributed by atoms with Gasteiger partial charge < -0.3 is 10.1 Å². The topological polar surface area (TPSA) is 62.1 Å². The predicted molar refractivity (Wildman–Crippen MR) is 94.7 cm³/mol. The molecule has 3 rings (SSSR count). The lowest BCUT2D eigenvalue weighted by molar-refractivity contribution is -0.120. The highest BCUT2D eigenvalue weighted by molar-refractivity contribution is 8.00. The fraction of sp³-hybridized carbons (Fsp3) is 0.263. The molecule has 1 aliphatic heterocycles. The van der Waals surface area contributed by atoms with E-state index in [9.17, 15) is 4.79 Å². The van der Waals surface area contributed by atoms with Crippen molar-refractivity contribution in [1.82, 2.24) is 5.32 Å². The van der Waals surface area contributed by atoms with Crippen molar-refractivity contribution in [2.75, 3.05) is 12.4 Å². The number of carbonyl (C=O) groups excluding carboxylic acids is 1. The summed E-state index contributed by atoms with van der Waals surface area (Å²) in [5, 5.41) is 11.4. The molecule has 0 fully saturated rings. The molecule has 1 aliphatic rings. The van der Waals surface area contributed by atoms with Crippen molar-refractivity contribution in [1.29, 1.82) is 5.26 Å². The summed E-state index contributed by atoms with van der Waals surface area (Å²) in [6.07, 6.45) is 1.02. The Morgan fingerprint density at radius 2 is 2.17 bits per heavy atom. The summed E-state index contributed by atoms with van der Waals surface area (Å²) < 4.78 is 5.29. The second-order valence-electron chi connectivity index (χ2n) is 5.51. The van der Waals surface area contributed by atoms with Crippen LogP contribution in [0.1, 0.15) is 21.9 Å². The van der Waals surface area contributed by atoms with Crippen LogP contribution in [0.25, 0.3) is 0 Å². The van der Waals surface area contributed by atoms with Gasteiger partial charge in [-0.1, -0.05) is 36.4 Å². The van der Waals surface area contributed by atoms with Crippen LogP contribution in [0.3, 0.4) is 0 Å². The highest BCUT2D eigenvalue weighted by atomic mass is 32.2. The van der Waals surface area contributed by atoms with Crippen molar-refractivity contribution in [2.24, 2.45) is 0 Å². The van der Waals surface area contributed by atoms with Crippen LogP contribution in [-0.4, -0.2) is 18.3 Å². The number of hydrogen-bond donors (Lipinski definition) is 1. The van der Waals surface area contributed by atoms with Crippen molar-refractivity contribution < 1.29 is 9.53 Å². The molecule has 1 amide bonds. The summed E-state index contributed by atoms with van der Waals surface area (Å²) in [5.41, 5.74) is 3.34. The molecular weight excluding hydrogens is 320 g/mol. The molecule has 1 atom stereocenters. The van der Waals surface area contributed by atoms with Crippen molar-refractivity contribution in [3.63, 3.8) is 0 Å². The fourth-order valence-electron chi connectivity index (χ4n) is 2.75. The highest BCUT2D eigenvalue weighted by Crippen LogP contribution is 2.36. The molecule has 0 saturated carbocycles. The number of hydrogen-bond acceptors (Lipinski definition) is 4. The van der Waals surface area contributed by atoms with Gasteiger partial charge >= 0.3 is 0 Å². The predicted octanol–water partition coefficient (Wildman–Crippen LogP) is 3.24. The minimum absolute atomic E-state index is 0.0192. The smallest absolute Gasteiger partial charge is 0.237 e. The van der Waals surface area contributed by atoms with E-state index in [1.807, 2.05) is 42.5 Å². The van der Waals surface area contributed by atoms with Crippen LogP contribution in [0, 0.1) is 11.3 Å². The Labute approximate surface area is 145 Å². The Hall–Kier alpha value is -2.45. The van der Waals surface area contributed by atoms with E-state index >= 15 is 0 Å². The Balaban J connectivity index is 1.63. The summed E-state index contributed by atoms with van der Waals surface area (Å²) in [7, 11) is 0. The monoisotopic (exact) mass is 338 g/mol. The number of aryl methyl sites for hydroxylation is 1. The molecule has 0 spiro atoms. The van der Waals surface area contributed by atoms with Gasteiger partial charge in [0, 0.05) is 6.54 Å². The number of amides is 1. The Morgan fingerprint density at radius 3 is 3.04 bits per heavy atom. The van der Waals surface area contributed by atoms with Crippen LogP contribution in [0.5, 0.6) is 5.75 Å². The van der Waals surface area contributed by atoms with E-state index in [0.29, 0.717) is 12.3 Å². The third-order valence-electron chi connectivity index (χ3n) is 3.90. The maximum Gasteiger partial charge on any atom is 0.237 e. The van der Waals surface area contributed by atoms with E-state index in [2.05, 4.69) is 11.4 Å². The lowest BCUT2D eigenvalue weighted by Crippen LogP contribution is -2.29. The van der Waals surface area contributed by atoms with Crippen molar-refractivity contribution in [3.8, 4) is 11.8 Å². The minimum atomic E-state index is -0.145. The van der Waals surface area contributed by atoms with Gasteiger partial charge in [0.05, 0.1) is 0 Å². The fourth-order valence-corrected chi connectivity index (χ4v) is 3.97. The van der Waals surface area contributed by atoms with Gasteiger partial charge in [-0.2, -0.15) is 5.26 Å². The van der Waals surface area contributed by atoms with Crippen LogP contribution in [0.15, 0.2) is 48.5 Å². The number of thioether (sulfide) groups is 1. The first-order valence-electron chi connectivity index (χ1n) is 7.84. The van der Waals surface area contributed by atoms with E-state index in [1.54, 1.807) is 17.8 Å². The van der Waals surface area contributed by atoms with E-state index in [4.69, 9.17) is 10.00 Å². The van der Waals surface area contributed by atoms with Gasteiger partial charge in [-0.3, -0.25) is 4.79 Å². The number of rotatable bonds is 5. The van der Waals surface area contributed by atoms with Gasteiger partial charge in [0.25, 0.3) is 0 Å². The number of nitrogens with zero attached hydrogens (tertiary/aromatic N) is 1. The Kier molecular flexibility index (Phi) is 5.39. The quantitative estimate of drug-likeness (QED) is 0.909. The van der Waals surface area contributed by atoms with E-state index in [1.165, 1.54) is 5.56 Å². The molecule has 0 aromatic heterocycles. The molecule has 1 N–H and O–H groups in total. The first-order chi connectivity index (χ1) is 11.8. The zero-order valence-corrected chi connectivity index (χ0v) is 14.0. The molecule has 122 valence electrons. The standard InChI is InChI=1S/C19H18N2O2S/c20-9-10-23-16-6-3-4-14(12-16)13-21-19(22)18-17-7-2-1-5-15(17)8-11-24-18/h1-7,12,18H,8,10-11,13H2,(H,21,22)/t18-/m0/s1. The molecule has 0 bridgehead atoms. The summed E-state index contributed by atoms with van der Waals surface area (Å²) in [4.78, 5) is 12.6. The largest absolute Gasteiger partial charge is 0.479 e. The normalized spacial score (nSPS) is 15.9. The van der Waals surface area contributed by atoms with Gasteiger partial charge in [0.15, 0.2) is 6.61 Å². The maximum atomic E-state index is 12.6. The van der Waals surface area contributed by atoms with Gasteiger partial charge in [-0.15, -0.1) is 11.8 Å². The third-order valence-corrected chi connectivity index (χ3v) is 5.14. The average molecular weight is 338 g/mol. The van der Waals surface area contributed by atoms with Gasteiger partial charge in [0.1, 0.15) is 17.1 Å². The molecule has 5 heteroatoms. The molecule has 24 heavy (non-hydrogen) atoms. The van der Waals surface area contributed by atoms with Crippen molar-refractivity contribution >= 4 is 17.7 Å². The lowest BCUT2D eigenvalue weighted by Gasteiger charge is -2.24. The zero-order valence-electron chi connectivity index (χ0n) is 13.2. The van der Waals surface area contributed by atoms with Gasteiger partial charge in [-0.05, 0) is 41.0 Å². The summed E-state index contributed by atoms with van der Waals surface area (Å²) in [6, 6.07) is 17.5. The lowest BCUT2D eigenvalue weighted by atomic mass is 10.0. The zero-order chi connectivity index (χ0) is 16.8. The number of nitrogens with one attached hydrogen (secondary N) is 1. The summed E-state index contributed by atoms with van der Waals surface area (Å²) in [5.74, 6) is 1.64. The third kappa shape index (κ3) is 3.90. The second-order valence-corrected chi connectivity index (χ2v) is 6.72. The first kappa shape index (κ1) is 16.4. The average Bonchev–Trinajstić information content (AvgIpc) is 2.64. The first-order valence-corrected chi connectivity index (χ1v) is 8.88. The van der Waals surface area contributed by atoms with Crippen molar-refractivity contribution in [3.05, 3.63) is 65.2 Å². The van der Waals surface area contributed by atoms with E-state index in [-0.39, 0.29) is 17.8 Å². The second kappa shape index (κ2) is 7.89. The highest BCUT2D eigenvalue weighted by Gasteiger charge is 2.26. The van der Waals surface area contributed by atoms with Crippen LogP contribution >= 0.6 is 11.8 Å². The molecule has 4 nitrogen and oxygen atoms in total. The number of nitriles is 1.